The molecule has 0 atom stereocenters. The molecule has 0 saturated heterocycles. The number of aromatic nitrogens is 2. The van der Waals surface area contributed by atoms with Gasteiger partial charge in [-0.3, -0.25) is 10.2 Å². The maximum Gasteiger partial charge on any atom is 0.281 e. The number of aromatic amines is 1. The van der Waals surface area contributed by atoms with Gasteiger partial charge in [-0.2, -0.15) is 4.68 Å². The van der Waals surface area contributed by atoms with Crippen LogP contribution in [-0.2, 0) is 0 Å². The smallest absolute Gasteiger partial charge is 0.281 e. The Hall–Kier alpha value is -1.99. The van der Waals surface area contributed by atoms with E-state index in [1.54, 1.807) is 24.3 Å². The van der Waals surface area contributed by atoms with E-state index < -0.39 is 0 Å². The van der Waals surface area contributed by atoms with Gasteiger partial charge < -0.3 is 10.3 Å². The van der Waals surface area contributed by atoms with Crippen LogP contribution in [0.5, 0.6) is 0 Å². The summed E-state index contributed by atoms with van der Waals surface area (Å²) >= 11 is 10.2. The summed E-state index contributed by atoms with van der Waals surface area (Å²) in [7, 11) is 0. The molecule has 1 aromatic carbocycles. The summed E-state index contributed by atoms with van der Waals surface area (Å²) in [4.78, 5) is 15.2. The second-order valence-electron chi connectivity index (χ2n) is 3.73. The van der Waals surface area contributed by atoms with Crippen LogP contribution in [-0.4, -0.2) is 21.3 Å². The van der Waals surface area contributed by atoms with Gasteiger partial charge in [0, 0.05) is 6.54 Å². The van der Waals surface area contributed by atoms with Crippen LogP contribution >= 0.6 is 24.4 Å². The van der Waals surface area contributed by atoms with Gasteiger partial charge in [-0.15, -0.1) is 6.58 Å². The van der Waals surface area contributed by atoms with Crippen molar-refractivity contribution in [3.63, 3.8) is 0 Å². The SMILES string of the molecule is C=CCNC(=S)Nn1c(=S)[nH]c2ccccc2c1=O. The molecule has 3 N–H and O–H groups in total. The molecule has 0 fully saturated rings. The van der Waals surface area contributed by atoms with Crippen molar-refractivity contribution >= 4 is 40.5 Å². The molecule has 0 amide bonds. The van der Waals surface area contributed by atoms with Crippen LogP contribution in [0, 0.1) is 4.77 Å². The quantitative estimate of drug-likeness (QED) is 0.593. The fourth-order valence-corrected chi connectivity index (χ4v) is 1.98. The second kappa shape index (κ2) is 5.77. The van der Waals surface area contributed by atoms with Gasteiger partial charge in [-0.25, -0.2) is 0 Å². The minimum Gasteiger partial charge on any atom is -0.358 e. The van der Waals surface area contributed by atoms with Gasteiger partial charge in [-0.1, -0.05) is 18.2 Å². The first-order chi connectivity index (χ1) is 9.13. The molecule has 0 radical (unpaired) electrons. The summed E-state index contributed by atoms with van der Waals surface area (Å²) < 4.78 is 1.46. The van der Waals surface area contributed by atoms with Crippen molar-refractivity contribution in [2.45, 2.75) is 0 Å². The van der Waals surface area contributed by atoms with E-state index in [0.29, 0.717) is 22.6 Å². The van der Waals surface area contributed by atoms with Crippen LogP contribution in [0.3, 0.4) is 0 Å². The number of hydrogen-bond acceptors (Lipinski definition) is 3. The average Bonchev–Trinajstić information content (AvgIpc) is 2.41. The fraction of sp³-hybridized carbons (Fsp3) is 0.0833. The molecular formula is C12H12N4OS2. The van der Waals surface area contributed by atoms with Crippen molar-refractivity contribution in [1.82, 2.24) is 15.0 Å². The number of benzene rings is 1. The summed E-state index contributed by atoms with van der Waals surface area (Å²) in [6, 6.07) is 7.15. The van der Waals surface area contributed by atoms with Gasteiger partial charge in [0.2, 0.25) is 0 Å². The fourth-order valence-electron chi connectivity index (χ4n) is 1.57. The molecule has 0 spiro atoms. The number of nitrogens with zero attached hydrogens (tertiary/aromatic N) is 1. The number of rotatable bonds is 3. The van der Waals surface area contributed by atoms with Gasteiger partial charge in [0.05, 0.1) is 10.9 Å². The van der Waals surface area contributed by atoms with Crippen molar-refractivity contribution in [1.29, 1.82) is 0 Å². The molecule has 2 aromatic rings. The van der Waals surface area contributed by atoms with Crippen molar-refractivity contribution in [2.75, 3.05) is 12.0 Å². The van der Waals surface area contributed by atoms with Gasteiger partial charge in [-0.05, 0) is 36.6 Å². The summed E-state index contributed by atoms with van der Waals surface area (Å²) in [6.45, 7) is 4.08. The van der Waals surface area contributed by atoms with E-state index in [-0.39, 0.29) is 10.3 Å². The van der Waals surface area contributed by atoms with Crippen LogP contribution in [0.15, 0.2) is 41.7 Å². The maximum atomic E-state index is 12.3. The molecule has 19 heavy (non-hydrogen) atoms. The predicted molar refractivity (Wildman–Crippen MR) is 83.6 cm³/mol. The average molecular weight is 292 g/mol. The van der Waals surface area contributed by atoms with Gasteiger partial charge in [0.25, 0.3) is 5.56 Å². The van der Waals surface area contributed by atoms with E-state index in [9.17, 15) is 4.79 Å². The topological polar surface area (TPSA) is 61.9 Å². The van der Waals surface area contributed by atoms with Crippen molar-refractivity contribution in [3.8, 4) is 0 Å². The molecular weight excluding hydrogens is 280 g/mol. The van der Waals surface area contributed by atoms with E-state index in [1.807, 2.05) is 6.07 Å². The third-order valence-electron chi connectivity index (χ3n) is 2.43. The molecule has 5 nitrogen and oxygen atoms in total. The molecule has 0 aliphatic carbocycles. The third-order valence-corrected chi connectivity index (χ3v) is 2.95. The Balaban J connectivity index is 2.44. The van der Waals surface area contributed by atoms with Crippen molar-refractivity contribution in [3.05, 3.63) is 52.0 Å². The van der Waals surface area contributed by atoms with E-state index in [4.69, 9.17) is 24.4 Å². The van der Waals surface area contributed by atoms with Gasteiger partial charge in [0.15, 0.2) is 9.88 Å². The number of H-pyrrole nitrogens is 1. The third kappa shape index (κ3) is 2.88. The summed E-state index contributed by atoms with van der Waals surface area (Å²) in [5.41, 5.74) is 3.19. The first kappa shape index (κ1) is 13.4. The Labute approximate surface area is 119 Å². The Morgan fingerprint density at radius 3 is 2.95 bits per heavy atom. The van der Waals surface area contributed by atoms with Crippen LogP contribution in [0.2, 0.25) is 0 Å². The maximum absolute atomic E-state index is 12.3. The molecule has 98 valence electrons. The summed E-state index contributed by atoms with van der Waals surface area (Å²) in [5.74, 6) is 0. The van der Waals surface area contributed by atoms with Crippen molar-refractivity contribution < 1.29 is 0 Å². The second-order valence-corrected chi connectivity index (χ2v) is 4.52. The molecule has 2 rings (SSSR count). The number of hydrogen-bond donors (Lipinski definition) is 3. The lowest BCUT2D eigenvalue weighted by molar-refractivity contribution is 0.859. The zero-order valence-electron chi connectivity index (χ0n) is 9.97. The number of thiocarbonyl (C=S) groups is 1. The Morgan fingerprint density at radius 2 is 2.21 bits per heavy atom. The lowest BCUT2D eigenvalue weighted by Crippen LogP contribution is -2.40. The highest BCUT2D eigenvalue weighted by atomic mass is 32.1. The summed E-state index contributed by atoms with van der Waals surface area (Å²) in [6.07, 6.45) is 1.66. The zero-order chi connectivity index (χ0) is 13.8. The monoisotopic (exact) mass is 292 g/mol. The normalized spacial score (nSPS) is 10.1. The van der Waals surface area contributed by atoms with E-state index in [2.05, 4.69) is 22.3 Å². The van der Waals surface area contributed by atoms with Crippen molar-refractivity contribution in [2.24, 2.45) is 0 Å². The number of nitrogens with one attached hydrogen (secondary N) is 3. The summed E-state index contributed by atoms with van der Waals surface area (Å²) in [5, 5.41) is 3.71. The van der Waals surface area contributed by atoms with Gasteiger partial charge in [0.1, 0.15) is 0 Å². The van der Waals surface area contributed by atoms with E-state index >= 15 is 0 Å². The zero-order valence-corrected chi connectivity index (χ0v) is 11.6. The van der Waals surface area contributed by atoms with Crippen LogP contribution in [0.4, 0.5) is 0 Å². The van der Waals surface area contributed by atoms with Crippen LogP contribution in [0.25, 0.3) is 10.9 Å². The standard InChI is InChI=1S/C12H12N4OS2/c1-2-7-13-11(18)15-16-10(17)8-5-3-4-6-9(8)14-12(16)19/h2-6H,1,7H2,(H,14,19)(H2,13,15,18). The highest BCUT2D eigenvalue weighted by molar-refractivity contribution is 7.80. The number of para-hydroxylation sites is 1. The van der Waals surface area contributed by atoms with E-state index in [1.165, 1.54) is 4.68 Å². The first-order valence-electron chi connectivity index (χ1n) is 5.53. The predicted octanol–water partition coefficient (Wildman–Crippen LogP) is 1.66. The highest BCUT2D eigenvalue weighted by Crippen LogP contribution is 2.04. The molecule has 1 aromatic heterocycles. The molecule has 0 bridgehead atoms. The Bertz CT molecular complexity index is 747. The molecule has 1 heterocycles. The van der Waals surface area contributed by atoms with Crippen LogP contribution < -0.4 is 16.3 Å². The lowest BCUT2D eigenvalue weighted by atomic mass is 10.2. The minimum atomic E-state index is -0.248. The molecule has 0 aliphatic heterocycles. The van der Waals surface area contributed by atoms with Crippen LogP contribution in [0.1, 0.15) is 0 Å². The lowest BCUT2D eigenvalue weighted by Gasteiger charge is -2.12. The largest absolute Gasteiger partial charge is 0.358 e. The molecule has 0 saturated carbocycles. The number of fused-ring (bicyclic) bond motifs is 1. The molecule has 0 aliphatic rings. The Morgan fingerprint density at radius 1 is 1.47 bits per heavy atom. The van der Waals surface area contributed by atoms with Gasteiger partial charge >= 0.3 is 0 Å². The molecule has 7 heteroatoms. The Kier molecular flexibility index (Phi) is 4.08. The molecule has 0 unspecified atom stereocenters. The first-order valence-corrected chi connectivity index (χ1v) is 6.35. The minimum absolute atomic E-state index is 0.248. The highest BCUT2D eigenvalue weighted by Gasteiger charge is 2.05. The van der Waals surface area contributed by atoms with E-state index in [0.717, 1.165) is 0 Å².